The van der Waals surface area contributed by atoms with Gasteiger partial charge in [-0.25, -0.2) is 4.79 Å². The second kappa shape index (κ2) is 15.3. The smallest absolute Gasteiger partial charge is 0.468 e. The second-order valence-corrected chi connectivity index (χ2v) is 12.5. The number of para-hydroxylation sites is 1. The van der Waals surface area contributed by atoms with Crippen LogP contribution < -0.4 is 19.5 Å². The largest absolute Gasteiger partial charge is 0.514 e. The molecule has 2 rings (SSSR count). The molecule has 1 unspecified atom stereocenters. The zero-order valence-electron chi connectivity index (χ0n) is 25.8. The first-order valence-corrected chi connectivity index (χ1v) is 13.8. The van der Waals surface area contributed by atoms with Gasteiger partial charge in [-0.15, -0.1) is 0 Å². The van der Waals surface area contributed by atoms with Crippen LogP contribution in [0.1, 0.15) is 66.9 Å². The Hall–Kier alpha value is -3.92. The van der Waals surface area contributed by atoms with Gasteiger partial charge in [0, 0.05) is 6.54 Å². The maximum atomic E-state index is 12.7. The summed E-state index contributed by atoms with van der Waals surface area (Å²) in [7, 11) is 1.27. The quantitative estimate of drug-likeness (QED) is 0.190. The molecule has 0 saturated heterocycles. The zero-order chi connectivity index (χ0) is 31.5. The Balaban J connectivity index is 2.15. The maximum Gasteiger partial charge on any atom is 0.514 e. The maximum absolute atomic E-state index is 12.7. The highest BCUT2D eigenvalue weighted by atomic mass is 16.7. The lowest BCUT2D eigenvalue weighted by Gasteiger charge is -2.21. The van der Waals surface area contributed by atoms with Gasteiger partial charge in [0.15, 0.2) is 11.5 Å². The Labute approximate surface area is 248 Å². The van der Waals surface area contributed by atoms with Crippen molar-refractivity contribution in [2.75, 3.05) is 13.7 Å². The van der Waals surface area contributed by atoms with Gasteiger partial charge in [0.1, 0.15) is 17.9 Å². The number of hydrogen-bond donors (Lipinski definition) is 1. The SMILES string of the molecule is COC(=O)[C@H](Cc1ccc(OC(=O)CC(C)(C)C)c(OC(=O)CC(C)(C)C)c1)NCC(C)OC(=O)Oc1ccccc1. The van der Waals surface area contributed by atoms with Crippen LogP contribution in [0.5, 0.6) is 17.2 Å². The molecule has 0 saturated carbocycles. The fraction of sp³-hybridized carbons (Fsp3) is 0.500. The van der Waals surface area contributed by atoms with Crippen LogP contribution in [0.15, 0.2) is 48.5 Å². The van der Waals surface area contributed by atoms with E-state index in [-0.39, 0.29) is 48.1 Å². The number of benzene rings is 2. The topological polar surface area (TPSA) is 126 Å². The summed E-state index contributed by atoms with van der Waals surface area (Å²) >= 11 is 0. The predicted octanol–water partition coefficient (Wildman–Crippen LogP) is 5.65. The number of carbonyl (C=O) groups is 4. The third kappa shape index (κ3) is 13.2. The van der Waals surface area contributed by atoms with Crippen LogP contribution >= 0.6 is 0 Å². The average molecular weight is 586 g/mol. The molecule has 0 heterocycles. The summed E-state index contributed by atoms with van der Waals surface area (Å²) in [6.07, 6.45) is -1.05. The standard InChI is InChI=1S/C32H43NO9/c1-21(39-30(37)40-23-12-10-9-11-13-23)20-33-24(29(36)38-8)16-22-14-15-25(41-27(34)18-31(2,3)4)26(17-22)42-28(35)19-32(5,6)7/h9-15,17,21,24,33H,16,18-20H2,1-8H3/t21?,24-/m0/s1. The summed E-state index contributed by atoms with van der Waals surface area (Å²) in [6.45, 7) is 13.3. The van der Waals surface area contributed by atoms with E-state index in [0.29, 0.717) is 11.3 Å². The van der Waals surface area contributed by atoms with E-state index in [1.165, 1.54) is 13.2 Å². The highest BCUT2D eigenvalue weighted by molar-refractivity contribution is 5.78. The minimum atomic E-state index is -0.872. The fourth-order valence-electron chi connectivity index (χ4n) is 3.77. The number of carbonyl (C=O) groups excluding carboxylic acids is 4. The van der Waals surface area contributed by atoms with Crippen molar-refractivity contribution >= 4 is 24.1 Å². The van der Waals surface area contributed by atoms with Crippen LogP contribution in [0.4, 0.5) is 4.79 Å². The van der Waals surface area contributed by atoms with Crippen LogP contribution in [0.2, 0.25) is 0 Å². The monoisotopic (exact) mass is 585 g/mol. The van der Waals surface area contributed by atoms with Gasteiger partial charge in [-0.3, -0.25) is 14.4 Å². The number of nitrogens with one attached hydrogen (secondary N) is 1. The number of esters is 3. The van der Waals surface area contributed by atoms with Crippen molar-refractivity contribution in [2.24, 2.45) is 10.8 Å². The van der Waals surface area contributed by atoms with Crippen LogP contribution in [0.25, 0.3) is 0 Å². The van der Waals surface area contributed by atoms with Crippen LogP contribution in [0.3, 0.4) is 0 Å². The summed E-state index contributed by atoms with van der Waals surface area (Å²) in [6, 6.07) is 12.5. The number of rotatable bonds is 12. The normalized spacial score (nSPS) is 13.0. The van der Waals surface area contributed by atoms with Crippen molar-refractivity contribution < 1.29 is 42.9 Å². The summed E-state index contributed by atoms with van der Waals surface area (Å²) < 4.78 is 26.6. The van der Waals surface area contributed by atoms with Gasteiger partial charge in [0.05, 0.1) is 20.0 Å². The molecule has 0 fully saturated rings. The number of hydrogen-bond acceptors (Lipinski definition) is 10. The first-order valence-electron chi connectivity index (χ1n) is 13.8. The van der Waals surface area contributed by atoms with Crippen molar-refractivity contribution in [2.45, 2.75) is 79.9 Å². The van der Waals surface area contributed by atoms with Gasteiger partial charge >= 0.3 is 24.1 Å². The molecule has 0 bridgehead atoms. The molecule has 0 aliphatic carbocycles. The van der Waals surface area contributed by atoms with Crippen molar-refractivity contribution in [1.29, 1.82) is 0 Å². The molecule has 0 aliphatic heterocycles. The van der Waals surface area contributed by atoms with Gasteiger partial charge < -0.3 is 29.0 Å². The second-order valence-electron chi connectivity index (χ2n) is 12.5. The molecule has 1 N–H and O–H groups in total. The van der Waals surface area contributed by atoms with E-state index in [0.717, 1.165) is 0 Å². The van der Waals surface area contributed by atoms with Crippen molar-refractivity contribution in [3.05, 3.63) is 54.1 Å². The molecule has 0 spiro atoms. The molecule has 0 radical (unpaired) electrons. The predicted molar refractivity (Wildman–Crippen MR) is 156 cm³/mol. The van der Waals surface area contributed by atoms with Crippen LogP contribution in [-0.4, -0.2) is 49.9 Å². The highest BCUT2D eigenvalue weighted by Crippen LogP contribution is 2.32. The average Bonchev–Trinajstić information content (AvgIpc) is 2.85. The highest BCUT2D eigenvalue weighted by Gasteiger charge is 2.25. The molecule has 230 valence electrons. The Bertz CT molecular complexity index is 1210. The van der Waals surface area contributed by atoms with E-state index in [2.05, 4.69) is 5.32 Å². The molecule has 0 aromatic heterocycles. The Morgan fingerprint density at radius 2 is 1.36 bits per heavy atom. The molecule has 0 amide bonds. The summed E-state index contributed by atoms with van der Waals surface area (Å²) in [5.74, 6) is -0.951. The molecule has 10 heteroatoms. The first-order chi connectivity index (χ1) is 19.5. The Morgan fingerprint density at radius 3 is 1.90 bits per heavy atom. The lowest BCUT2D eigenvalue weighted by molar-refractivity contribution is -0.143. The third-order valence-electron chi connectivity index (χ3n) is 5.62. The zero-order valence-corrected chi connectivity index (χ0v) is 25.8. The minimum Gasteiger partial charge on any atom is -0.468 e. The van der Waals surface area contributed by atoms with E-state index >= 15 is 0 Å². The minimum absolute atomic E-state index is 0.0768. The molecule has 42 heavy (non-hydrogen) atoms. The third-order valence-corrected chi connectivity index (χ3v) is 5.62. The van der Waals surface area contributed by atoms with Crippen molar-refractivity contribution in [3.63, 3.8) is 0 Å². The number of ether oxygens (including phenoxy) is 5. The van der Waals surface area contributed by atoms with E-state index < -0.39 is 36.2 Å². The molecule has 2 aromatic rings. The van der Waals surface area contributed by atoms with Crippen LogP contribution in [-0.2, 0) is 30.3 Å². The van der Waals surface area contributed by atoms with E-state index in [4.69, 9.17) is 23.7 Å². The fourth-order valence-corrected chi connectivity index (χ4v) is 3.77. The van der Waals surface area contributed by atoms with Gasteiger partial charge in [0.2, 0.25) is 0 Å². The number of methoxy groups -OCH3 is 1. The lowest BCUT2D eigenvalue weighted by atomic mass is 9.92. The van der Waals surface area contributed by atoms with Gasteiger partial charge in [-0.2, -0.15) is 0 Å². The molecular weight excluding hydrogens is 542 g/mol. The van der Waals surface area contributed by atoms with Gasteiger partial charge in [-0.1, -0.05) is 65.8 Å². The molecular formula is C32H43NO9. The Kier molecular flexibility index (Phi) is 12.5. The van der Waals surface area contributed by atoms with Gasteiger partial charge in [-0.05, 0) is 54.0 Å². The van der Waals surface area contributed by atoms with Gasteiger partial charge in [0.25, 0.3) is 0 Å². The molecule has 2 aromatic carbocycles. The lowest BCUT2D eigenvalue weighted by Crippen LogP contribution is -2.43. The van der Waals surface area contributed by atoms with E-state index in [9.17, 15) is 19.2 Å². The Morgan fingerprint density at radius 1 is 0.786 bits per heavy atom. The summed E-state index contributed by atoms with van der Waals surface area (Å²) in [5, 5.41) is 3.05. The first kappa shape index (κ1) is 34.3. The molecule has 10 nitrogen and oxygen atoms in total. The summed E-state index contributed by atoms with van der Waals surface area (Å²) in [4.78, 5) is 49.9. The van der Waals surface area contributed by atoms with E-state index in [1.54, 1.807) is 49.4 Å². The molecule has 0 aliphatic rings. The van der Waals surface area contributed by atoms with Crippen molar-refractivity contribution in [1.82, 2.24) is 5.32 Å². The van der Waals surface area contributed by atoms with Crippen molar-refractivity contribution in [3.8, 4) is 17.2 Å². The molecule has 2 atom stereocenters. The van der Waals surface area contributed by atoms with Crippen LogP contribution in [0, 0.1) is 10.8 Å². The summed E-state index contributed by atoms with van der Waals surface area (Å²) in [5.41, 5.74) is 0.00640. The van der Waals surface area contributed by atoms with E-state index in [1.807, 2.05) is 41.5 Å².